The Morgan fingerprint density at radius 2 is 1.85 bits per heavy atom. The van der Waals surface area contributed by atoms with E-state index in [1.807, 2.05) is 19.1 Å². The summed E-state index contributed by atoms with van der Waals surface area (Å²) in [5, 5.41) is 6.42. The monoisotopic (exact) mass is 415 g/mol. The van der Waals surface area contributed by atoms with Crippen LogP contribution < -0.4 is 10.6 Å². The fourth-order valence-electron chi connectivity index (χ4n) is 3.71. The molecule has 27 heavy (non-hydrogen) atoms. The molecule has 2 saturated heterocycles. The Hall–Kier alpha value is -1.15. The van der Waals surface area contributed by atoms with E-state index >= 15 is 0 Å². The maximum atomic E-state index is 12.7. The molecule has 1 atom stereocenters. The van der Waals surface area contributed by atoms with Crippen molar-refractivity contribution in [1.82, 2.24) is 14.9 Å². The Kier molecular flexibility index (Phi) is 8.09. The van der Waals surface area contributed by atoms with Crippen LogP contribution in [0.5, 0.6) is 0 Å². The van der Waals surface area contributed by atoms with Gasteiger partial charge in [0.1, 0.15) is 0 Å². The first-order valence-electron chi connectivity index (χ1n) is 9.52. The van der Waals surface area contributed by atoms with Gasteiger partial charge in [-0.3, -0.25) is 4.79 Å². The van der Waals surface area contributed by atoms with Crippen molar-refractivity contribution in [1.29, 1.82) is 0 Å². The second kappa shape index (κ2) is 9.87. The summed E-state index contributed by atoms with van der Waals surface area (Å²) in [6, 6.07) is 6.93. The standard InChI is InChI=1S/C19H29N3O3S.ClH/c1-15-4-6-18(7-5-15)26(24,25)22-11-8-17(9-12-22)19(23)21-14-16-3-2-10-20-13-16;/h4-7,16-17,20H,2-3,8-14H2,1H3,(H,21,23);1H. The Morgan fingerprint density at radius 1 is 1.19 bits per heavy atom. The van der Waals surface area contributed by atoms with Gasteiger partial charge in [-0.2, -0.15) is 4.31 Å². The number of benzene rings is 1. The van der Waals surface area contributed by atoms with Crippen LogP contribution in [0.2, 0.25) is 0 Å². The number of sulfonamides is 1. The van der Waals surface area contributed by atoms with E-state index in [0.717, 1.165) is 31.5 Å². The van der Waals surface area contributed by atoms with Gasteiger partial charge in [-0.15, -0.1) is 12.4 Å². The van der Waals surface area contributed by atoms with Crippen molar-refractivity contribution in [3.8, 4) is 0 Å². The normalized spacial score (nSPS) is 22.0. The number of nitrogens with zero attached hydrogens (tertiary/aromatic N) is 1. The summed E-state index contributed by atoms with van der Waals surface area (Å²) in [6.07, 6.45) is 3.48. The molecule has 0 radical (unpaired) electrons. The molecule has 8 heteroatoms. The van der Waals surface area contributed by atoms with E-state index in [2.05, 4.69) is 10.6 Å². The van der Waals surface area contributed by atoms with E-state index in [-0.39, 0.29) is 24.2 Å². The second-order valence-electron chi connectivity index (χ2n) is 7.45. The number of piperidine rings is 2. The predicted octanol–water partition coefficient (Wildman–Crippen LogP) is 1.93. The van der Waals surface area contributed by atoms with Crippen LogP contribution in [0.3, 0.4) is 0 Å². The van der Waals surface area contributed by atoms with Crippen LogP contribution in [0.1, 0.15) is 31.2 Å². The number of aryl methyl sites for hydroxylation is 1. The zero-order valence-corrected chi connectivity index (χ0v) is 17.4. The van der Waals surface area contributed by atoms with Crippen LogP contribution in [-0.4, -0.2) is 51.4 Å². The van der Waals surface area contributed by atoms with Crippen LogP contribution in [-0.2, 0) is 14.8 Å². The highest BCUT2D eigenvalue weighted by Crippen LogP contribution is 2.24. The number of amides is 1. The summed E-state index contributed by atoms with van der Waals surface area (Å²) in [5.74, 6) is 0.494. The molecule has 1 aromatic carbocycles. The molecule has 0 bridgehead atoms. The summed E-state index contributed by atoms with van der Waals surface area (Å²) in [6.45, 7) is 5.49. The first-order chi connectivity index (χ1) is 12.5. The minimum atomic E-state index is -3.46. The lowest BCUT2D eigenvalue weighted by molar-refractivity contribution is -0.126. The van der Waals surface area contributed by atoms with Crippen molar-refractivity contribution in [3.05, 3.63) is 29.8 Å². The quantitative estimate of drug-likeness (QED) is 0.770. The Labute approximate surface area is 168 Å². The van der Waals surface area contributed by atoms with E-state index in [9.17, 15) is 13.2 Å². The van der Waals surface area contributed by atoms with Crippen LogP contribution in [0, 0.1) is 18.8 Å². The number of carbonyl (C=O) groups excluding carboxylic acids is 1. The fourth-order valence-corrected chi connectivity index (χ4v) is 5.17. The van der Waals surface area contributed by atoms with E-state index in [0.29, 0.717) is 43.3 Å². The lowest BCUT2D eigenvalue weighted by Crippen LogP contribution is -2.45. The van der Waals surface area contributed by atoms with Crippen molar-refractivity contribution in [3.63, 3.8) is 0 Å². The molecular weight excluding hydrogens is 386 g/mol. The van der Waals surface area contributed by atoms with Gasteiger partial charge in [0.05, 0.1) is 4.90 Å². The van der Waals surface area contributed by atoms with Crippen molar-refractivity contribution in [2.24, 2.45) is 11.8 Å². The molecule has 2 aliphatic rings. The molecule has 0 saturated carbocycles. The van der Waals surface area contributed by atoms with Crippen LogP contribution >= 0.6 is 12.4 Å². The van der Waals surface area contributed by atoms with Gasteiger partial charge in [0.15, 0.2) is 0 Å². The van der Waals surface area contributed by atoms with Gasteiger partial charge in [-0.25, -0.2) is 8.42 Å². The van der Waals surface area contributed by atoms with E-state index in [1.54, 1.807) is 12.1 Å². The molecule has 6 nitrogen and oxygen atoms in total. The first-order valence-corrected chi connectivity index (χ1v) is 11.0. The van der Waals surface area contributed by atoms with Crippen molar-refractivity contribution in [2.45, 2.75) is 37.5 Å². The highest BCUT2D eigenvalue weighted by Gasteiger charge is 2.32. The zero-order chi connectivity index (χ0) is 18.6. The first kappa shape index (κ1) is 22.1. The SMILES string of the molecule is Cc1ccc(S(=O)(=O)N2CCC(C(=O)NCC3CCCNC3)CC2)cc1.Cl. The highest BCUT2D eigenvalue weighted by atomic mass is 35.5. The van der Waals surface area contributed by atoms with Gasteiger partial charge < -0.3 is 10.6 Å². The minimum Gasteiger partial charge on any atom is -0.356 e. The third-order valence-corrected chi connectivity index (χ3v) is 7.36. The molecule has 1 unspecified atom stereocenters. The minimum absolute atomic E-state index is 0. The molecule has 2 fully saturated rings. The van der Waals surface area contributed by atoms with E-state index in [4.69, 9.17) is 0 Å². The Bertz CT molecular complexity index is 710. The Morgan fingerprint density at radius 3 is 2.44 bits per heavy atom. The number of carbonyl (C=O) groups is 1. The second-order valence-corrected chi connectivity index (χ2v) is 9.39. The molecule has 3 rings (SSSR count). The number of hydrogen-bond donors (Lipinski definition) is 2. The lowest BCUT2D eigenvalue weighted by atomic mass is 9.96. The maximum Gasteiger partial charge on any atom is 0.243 e. The predicted molar refractivity (Wildman–Crippen MR) is 109 cm³/mol. The van der Waals surface area contributed by atoms with Crippen molar-refractivity contribution >= 4 is 28.3 Å². The highest BCUT2D eigenvalue weighted by molar-refractivity contribution is 7.89. The summed E-state index contributed by atoms with van der Waals surface area (Å²) in [4.78, 5) is 12.7. The third-order valence-electron chi connectivity index (χ3n) is 5.45. The fraction of sp³-hybridized carbons (Fsp3) is 0.632. The molecule has 0 aromatic heterocycles. The van der Waals surface area contributed by atoms with Crippen molar-refractivity contribution in [2.75, 3.05) is 32.7 Å². The van der Waals surface area contributed by atoms with Gasteiger partial charge >= 0.3 is 0 Å². The third kappa shape index (κ3) is 5.67. The average molecular weight is 416 g/mol. The molecule has 1 amide bonds. The van der Waals surface area contributed by atoms with Crippen LogP contribution in [0.25, 0.3) is 0 Å². The largest absolute Gasteiger partial charge is 0.356 e. The zero-order valence-electron chi connectivity index (χ0n) is 15.8. The smallest absolute Gasteiger partial charge is 0.243 e. The van der Waals surface area contributed by atoms with Crippen molar-refractivity contribution < 1.29 is 13.2 Å². The molecule has 2 heterocycles. The molecule has 0 aliphatic carbocycles. The van der Waals surface area contributed by atoms with Crippen LogP contribution in [0.4, 0.5) is 0 Å². The summed E-state index contributed by atoms with van der Waals surface area (Å²) < 4.78 is 27.0. The number of nitrogens with one attached hydrogen (secondary N) is 2. The van der Waals surface area contributed by atoms with E-state index < -0.39 is 10.0 Å². The molecule has 1 aromatic rings. The van der Waals surface area contributed by atoms with Gasteiger partial charge in [-0.1, -0.05) is 17.7 Å². The average Bonchev–Trinajstić information content (AvgIpc) is 2.67. The van der Waals surface area contributed by atoms with Gasteiger partial charge in [0.25, 0.3) is 0 Å². The van der Waals surface area contributed by atoms with Gasteiger partial charge in [0, 0.05) is 25.6 Å². The van der Waals surface area contributed by atoms with E-state index in [1.165, 1.54) is 4.31 Å². The number of hydrogen-bond acceptors (Lipinski definition) is 4. The molecule has 2 aliphatic heterocycles. The van der Waals surface area contributed by atoms with Gasteiger partial charge in [0.2, 0.25) is 15.9 Å². The maximum absolute atomic E-state index is 12.7. The lowest BCUT2D eigenvalue weighted by Gasteiger charge is -2.31. The van der Waals surface area contributed by atoms with Gasteiger partial charge in [-0.05, 0) is 63.7 Å². The summed E-state index contributed by atoms with van der Waals surface area (Å²) in [5.41, 5.74) is 1.03. The number of halogens is 1. The summed E-state index contributed by atoms with van der Waals surface area (Å²) in [7, 11) is -3.46. The molecule has 2 N–H and O–H groups in total. The summed E-state index contributed by atoms with van der Waals surface area (Å²) >= 11 is 0. The number of rotatable bonds is 5. The topological polar surface area (TPSA) is 78.5 Å². The Balaban J connectivity index is 0.00000261. The van der Waals surface area contributed by atoms with Crippen LogP contribution in [0.15, 0.2) is 29.2 Å². The molecule has 152 valence electrons. The molecule has 0 spiro atoms. The molecular formula is C19H30ClN3O3S.